The van der Waals surface area contributed by atoms with Crippen molar-refractivity contribution in [3.05, 3.63) is 221 Å². The SMILES string of the molecule is CC1(C)c2ccccc2-c2cc(N(c3ccc(-c4ccccc4)cc3)c3cccc4c3-c3ccccc3C43c4ccccc4-c4ccccc43)ccc21. The monoisotopic (exact) mass is 675 g/mol. The first-order chi connectivity index (χ1) is 26.1. The maximum atomic E-state index is 2.50. The second-order valence-electron chi connectivity index (χ2n) is 15.2. The zero-order valence-corrected chi connectivity index (χ0v) is 29.8. The highest BCUT2D eigenvalue weighted by molar-refractivity contribution is 6.01. The average molecular weight is 676 g/mol. The second-order valence-corrected chi connectivity index (χ2v) is 15.2. The van der Waals surface area contributed by atoms with Crippen molar-refractivity contribution in [2.24, 2.45) is 0 Å². The lowest BCUT2D eigenvalue weighted by Gasteiger charge is -2.32. The van der Waals surface area contributed by atoms with Gasteiger partial charge in [0.1, 0.15) is 0 Å². The van der Waals surface area contributed by atoms with Gasteiger partial charge in [0.2, 0.25) is 0 Å². The highest BCUT2D eigenvalue weighted by Gasteiger charge is 2.52. The first-order valence-corrected chi connectivity index (χ1v) is 18.7. The van der Waals surface area contributed by atoms with Gasteiger partial charge in [-0.2, -0.15) is 0 Å². The van der Waals surface area contributed by atoms with E-state index in [9.17, 15) is 0 Å². The fourth-order valence-corrected chi connectivity index (χ4v) is 10.0. The van der Waals surface area contributed by atoms with Crippen LogP contribution in [-0.4, -0.2) is 0 Å². The third kappa shape index (κ3) is 4.02. The molecule has 0 aromatic heterocycles. The van der Waals surface area contributed by atoms with Crippen LogP contribution in [0.25, 0.3) is 44.5 Å². The normalized spacial score (nSPS) is 14.5. The lowest BCUT2D eigenvalue weighted by Crippen LogP contribution is -2.26. The van der Waals surface area contributed by atoms with Crippen LogP contribution in [0.3, 0.4) is 0 Å². The van der Waals surface area contributed by atoms with Crippen molar-refractivity contribution in [1.29, 1.82) is 0 Å². The molecule has 8 aromatic rings. The summed E-state index contributed by atoms with van der Waals surface area (Å²) in [5, 5.41) is 0. The maximum Gasteiger partial charge on any atom is 0.0726 e. The van der Waals surface area contributed by atoms with E-state index in [1.165, 1.54) is 83.6 Å². The van der Waals surface area contributed by atoms with Crippen LogP contribution < -0.4 is 4.90 Å². The average Bonchev–Trinajstić information content (AvgIpc) is 3.78. The molecular weight excluding hydrogens is 639 g/mol. The summed E-state index contributed by atoms with van der Waals surface area (Å²) in [6.07, 6.45) is 0. The Bertz CT molecular complexity index is 2710. The summed E-state index contributed by atoms with van der Waals surface area (Å²) in [5.74, 6) is 0. The van der Waals surface area contributed by atoms with Gasteiger partial charge in [-0.1, -0.05) is 172 Å². The fraction of sp³-hybridized carbons (Fsp3) is 0.0769. The van der Waals surface area contributed by atoms with E-state index >= 15 is 0 Å². The molecule has 0 N–H and O–H groups in total. The molecule has 0 atom stereocenters. The second kappa shape index (κ2) is 11.0. The van der Waals surface area contributed by atoms with Crippen LogP contribution in [0.2, 0.25) is 0 Å². The van der Waals surface area contributed by atoms with E-state index in [4.69, 9.17) is 0 Å². The summed E-state index contributed by atoms with van der Waals surface area (Å²) < 4.78 is 0. The Balaban J connectivity index is 1.19. The van der Waals surface area contributed by atoms with E-state index in [0.29, 0.717) is 0 Å². The number of fused-ring (bicyclic) bond motifs is 13. The fourth-order valence-electron chi connectivity index (χ4n) is 10.0. The lowest BCUT2D eigenvalue weighted by molar-refractivity contribution is 0.660. The zero-order chi connectivity index (χ0) is 35.3. The summed E-state index contributed by atoms with van der Waals surface area (Å²) in [6, 6.07) is 70.1. The van der Waals surface area contributed by atoms with Crippen molar-refractivity contribution in [1.82, 2.24) is 0 Å². The molecule has 0 amide bonds. The molecule has 0 unspecified atom stereocenters. The molecule has 3 aliphatic rings. The standard InChI is InChI=1S/C52H37N/c1-51(2)43-21-10-6-19-40(43)42-33-37(31-32-44(42)51)53(36-29-27-35(28-30-36)34-15-4-3-5-16-34)49-26-14-25-48-50(49)41-20-9-13-24-47(41)52(48)45-22-11-7-17-38(45)39-18-8-12-23-46(39)52/h3-33H,1-2H3. The van der Waals surface area contributed by atoms with E-state index in [1.807, 2.05) is 0 Å². The predicted molar refractivity (Wildman–Crippen MR) is 220 cm³/mol. The molecule has 0 heterocycles. The number of anilines is 3. The van der Waals surface area contributed by atoms with Gasteiger partial charge >= 0.3 is 0 Å². The Morgan fingerprint density at radius 1 is 0.340 bits per heavy atom. The van der Waals surface area contributed by atoms with Crippen molar-refractivity contribution in [2.75, 3.05) is 4.90 Å². The zero-order valence-electron chi connectivity index (χ0n) is 29.8. The van der Waals surface area contributed by atoms with E-state index in [-0.39, 0.29) is 5.41 Å². The predicted octanol–water partition coefficient (Wildman–Crippen LogP) is 13.5. The Morgan fingerprint density at radius 2 is 0.811 bits per heavy atom. The van der Waals surface area contributed by atoms with Crippen molar-refractivity contribution in [3.63, 3.8) is 0 Å². The van der Waals surface area contributed by atoms with Crippen molar-refractivity contribution < 1.29 is 0 Å². The summed E-state index contributed by atoms with van der Waals surface area (Å²) in [5.41, 5.74) is 21.5. The van der Waals surface area contributed by atoms with Crippen molar-refractivity contribution in [3.8, 4) is 44.5 Å². The van der Waals surface area contributed by atoms with E-state index in [2.05, 4.69) is 207 Å². The molecule has 1 spiro atoms. The van der Waals surface area contributed by atoms with Gasteiger partial charge < -0.3 is 4.90 Å². The van der Waals surface area contributed by atoms with Crippen LogP contribution in [-0.2, 0) is 10.8 Å². The van der Waals surface area contributed by atoms with E-state index < -0.39 is 5.41 Å². The largest absolute Gasteiger partial charge is 0.310 e. The van der Waals surface area contributed by atoms with Crippen LogP contribution in [0, 0.1) is 0 Å². The number of nitrogens with zero attached hydrogens (tertiary/aromatic N) is 1. The highest BCUT2D eigenvalue weighted by atomic mass is 15.1. The Kier molecular flexibility index (Phi) is 6.29. The van der Waals surface area contributed by atoms with Gasteiger partial charge in [-0.05, 0) is 103 Å². The van der Waals surface area contributed by atoms with Crippen molar-refractivity contribution >= 4 is 17.1 Å². The molecule has 0 radical (unpaired) electrons. The molecule has 53 heavy (non-hydrogen) atoms. The minimum absolute atomic E-state index is 0.0603. The molecule has 0 saturated carbocycles. The number of rotatable bonds is 4. The van der Waals surface area contributed by atoms with Gasteiger partial charge in [0.05, 0.1) is 11.1 Å². The molecule has 0 bridgehead atoms. The molecule has 3 aliphatic carbocycles. The van der Waals surface area contributed by atoms with Gasteiger partial charge in [0.25, 0.3) is 0 Å². The molecule has 8 aromatic carbocycles. The Labute approximate surface area is 311 Å². The van der Waals surface area contributed by atoms with Crippen LogP contribution in [0.5, 0.6) is 0 Å². The van der Waals surface area contributed by atoms with Crippen LogP contribution in [0.1, 0.15) is 47.2 Å². The molecule has 1 nitrogen and oxygen atoms in total. The maximum absolute atomic E-state index is 2.50. The molecule has 250 valence electrons. The Morgan fingerprint density at radius 3 is 1.47 bits per heavy atom. The smallest absolute Gasteiger partial charge is 0.0726 e. The molecule has 0 saturated heterocycles. The third-order valence-corrected chi connectivity index (χ3v) is 12.3. The van der Waals surface area contributed by atoms with Crippen LogP contribution in [0.4, 0.5) is 17.1 Å². The number of hydrogen-bond donors (Lipinski definition) is 0. The lowest BCUT2D eigenvalue weighted by atomic mass is 9.70. The van der Waals surface area contributed by atoms with Gasteiger partial charge in [0.15, 0.2) is 0 Å². The number of benzene rings is 8. The van der Waals surface area contributed by atoms with Crippen LogP contribution in [0.15, 0.2) is 188 Å². The minimum atomic E-state index is -0.404. The highest BCUT2D eigenvalue weighted by Crippen LogP contribution is 2.64. The number of hydrogen-bond acceptors (Lipinski definition) is 1. The van der Waals surface area contributed by atoms with Gasteiger partial charge in [-0.15, -0.1) is 0 Å². The molecular formula is C52H37N. The molecule has 0 fully saturated rings. The van der Waals surface area contributed by atoms with Crippen molar-refractivity contribution in [2.45, 2.75) is 24.7 Å². The Hall–Kier alpha value is -6.44. The van der Waals surface area contributed by atoms with Gasteiger partial charge in [0, 0.05) is 22.4 Å². The first-order valence-electron chi connectivity index (χ1n) is 18.7. The molecule has 11 rings (SSSR count). The van der Waals surface area contributed by atoms with Crippen LogP contribution >= 0.6 is 0 Å². The van der Waals surface area contributed by atoms with Gasteiger partial charge in [-0.25, -0.2) is 0 Å². The van der Waals surface area contributed by atoms with E-state index in [0.717, 1.165) is 11.4 Å². The minimum Gasteiger partial charge on any atom is -0.310 e. The van der Waals surface area contributed by atoms with E-state index in [1.54, 1.807) is 0 Å². The topological polar surface area (TPSA) is 3.24 Å². The summed E-state index contributed by atoms with van der Waals surface area (Å²) in [4.78, 5) is 2.50. The van der Waals surface area contributed by atoms with Gasteiger partial charge in [-0.3, -0.25) is 0 Å². The molecule has 1 heteroatoms. The summed E-state index contributed by atoms with van der Waals surface area (Å²) in [7, 11) is 0. The summed E-state index contributed by atoms with van der Waals surface area (Å²) >= 11 is 0. The third-order valence-electron chi connectivity index (χ3n) is 12.3. The first kappa shape index (κ1) is 30.2. The molecule has 0 aliphatic heterocycles. The summed E-state index contributed by atoms with van der Waals surface area (Å²) in [6.45, 7) is 4.71. The quantitative estimate of drug-likeness (QED) is 0.179.